The molecule has 0 radical (unpaired) electrons. The molecule has 1 aromatic carbocycles. The minimum absolute atomic E-state index is 0.238. The molecule has 15 heavy (non-hydrogen) atoms. The van der Waals surface area contributed by atoms with Gasteiger partial charge >= 0.3 is 0 Å². The summed E-state index contributed by atoms with van der Waals surface area (Å²) in [4.78, 5) is 4.38. The standard InChI is InChI=1S/C12H16ClNO/c1-4-9(2)14-12(13)10-7-5-6-8-11(10)15-3/h5-9H,4H2,1-3H3/b14-12-. The molecule has 0 saturated carbocycles. The van der Waals surface area contributed by atoms with Gasteiger partial charge in [0.2, 0.25) is 0 Å². The SMILES string of the molecule is CCC(C)/N=C(\Cl)c1ccccc1OC. The first-order valence-corrected chi connectivity index (χ1v) is 5.43. The summed E-state index contributed by atoms with van der Waals surface area (Å²) in [7, 11) is 1.63. The van der Waals surface area contributed by atoms with Crippen LogP contribution in [0.15, 0.2) is 29.3 Å². The number of methoxy groups -OCH3 is 1. The average molecular weight is 226 g/mol. The van der Waals surface area contributed by atoms with Crippen LogP contribution in [0.25, 0.3) is 0 Å². The van der Waals surface area contributed by atoms with Crippen molar-refractivity contribution in [1.29, 1.82) is 0 Å². The first kappa shape index (κ1) is 12.1. The molecule has 0 bridgehead atoms. The topological polar surface area (TPSA) is 21.6 Å². The number of benzene rings is 1. The lowest BCUT2D eigenvalue weighted by molar-refractivity contribution is 0.414. The van der Waals surface area contributed by atoms with Gasteiger partial charge in [0.15, 0.2) is 0 Å². The Morgan fingerprint density at radius 2 is 2.13 bits per heavy atom. The number of hydrogen-bond acceptors (Lipinski definition) is 2. The van der Waals surface area contributed by atoms with Crippen LogP contribution in [0, 0.1) is 0 Å². The highest BCUT2D eigenvalue weighted by Gasteiger charge is 2.07. The van der Waals surface area contributed by atoms with Gasteiger partial charge in [-0.15, -0.1) is 0 Å². The highest BCUT2D eigenvalue weighted by Crippen LogP contribution is 2.20. The van der Waals surface area contributed by atoms with Gasteiger partial charge in [-0.25, -0.2) is 0 Å². The van der Waals surface area contributed by atoms with Gasteiger partial charge in [0.1, 0.15) is 10.9 Å². The van der Waals surface area contributed by atoms with E-state index in [9.17, 15) is 0 Å². The Hall–Kier alpha value is -1.02. The first-order chi connectivity index (χ1) is 7.19. The van der Waals surface area contributed by atoms with E-state index in [-0.39, 0.29) is 6.04 Å². The fraction of sp³-hybridized carbons (Fsp3) is 0.417. The summed E-state index contributed by atoms with van der Waals surface area (Å²) >= 11 is 6.13. The third kappa shape index (κ3) is 3.24. The largest absolute Gasteiger partial charge is 0.496 e. The van der Waals surface area contributed by atoms with Crippen molar-refractivity contribution in [2.75, 3.05) is 7.11 Å². The first-order valence-electron chi connectivity index (χ1n) is 5.05. The van der Waals surface area contributed by atoms with E-state index in [1.165, 1.54) is 0 Å². The maximum atomic E-state index is 6.13. The van der Waals surface area contributed by atoms with Crippen molar-refractivity contribution in [3.63, 3.8) is 0 Å². The van der Waals surface area contributed by atoms with Crippen LogP contribution in [-0.2, 0) is 0 Å². The van der Waals surface area contributed by atoms with E-state index >= 15 is 0 Å². The van der Waals surface area contributed by atoms with Crippen molar-refractivity contribution in [2.45, 2.75) is 26.3 Å². The summed E-state index contributed by atoms with van der Waals surface area (Å²) in [6, 6.07) is 7.86. The molecule has 0 spiro atoms. The Morgan fingerprint density at radius 1 is 1.47 bits per heavy atom. The molecule has 0 saturated heterocycles. The van der Waals surface area contributed by atoms with E-state index in [1.54, 1.807) is 7.11 Å². The zero-order chi connectivity index (χ0) is 11.3. The molecule has 0 aliphatic carbocycles. The summed E-state index contributed by atoms with van der Waals surface area (Å²) < 4.78 is 5.22. The molecule has 0 aliphatic heterocycles. The highest BCUT2D eigenvalue weighted by molar-refractivity contribution is 6.69. The average Bonchev–Trinajstić information content (AvgIpc) is 2.28. The zero-order valence-electron chi connectivity index (χ0n) is 9.33. The van der Waals surface area contributed by atoms with Crippen LogP contribution in [0.1, 0.15) is 25.8 Å². The van der Waals surface area contributed by atoms with E-state index in [0.717, 1.165) is 17.7 Å². The quantitative estimate of drug-likeness (QED) is 0.719. The Kier molecular flexibility index (Phi) is 4.63. The molecule has 1 unspecified atom stereocenters. The number of halogens is 1. The smallest absolute Gasteiger partial charge is 0.134 e. The van der Waals surface area contributed by atoms with E-state index in [2.05, 4.69) is 11.9 Å². The van der Waals surface area contributed by atoms with Gasteiger partial charge in [-0.1, -0.05) is 30.7 Å². The lowest BCUT2D eigenvalue weighted by Gasteiger charge is -2.08. The summed E-state index contributed by atoms with van der Waals surface area (Å²) in [5.41, 5.74) is 0.849. The number of hydrogen-bond donors (Lipinski definition) is 0. The monoisotopic (exact) mass is 225 g/mol. The number of nitrogens with zero attached hydrogens (tertiary/aromatic N) is 1. The Bertz CT molecular complexity index is 349. The van der Waals surface area contributed by atoms with Crippen LogP contribution in [0.5, 0.6) is 5.75 Å². The number of aliphatic imine (C=N–C) groups is 1. The molecule has 1 rings (SSSR count). The van der Waals surface area contributed by atoms with Crippen LogP contribution in [-0.4, -0.2) is 18.3 Å². The van der Waals surface area contributed by atoms with Gasteiger partial charge in [0.25, 0.3) is 0 Å². The lowest BCUT2D eigenvalue weighted by Crippen LogP contribution is -2.02. The minimum Gasteiger partial charge on any atom is -0.496 e. The van der Waals surface area contributed by atoms with Crippen molar-refractivity contribution in [3.8, 4) is 5.75 Å². The molecule has 0 amide bonds. The molecule has 82 valence electrons. The fourth-order valence-corrected chi connectivity index (χ4v) is 1.49. The molecule has 3 heteroatoms. The molecule has 1 aromatic rings. The fourth-order valence-electron chi connectivity index (χ4n) is 1.17. The molecule has 0 fully saturated rings. The van der Waals surface area contributed by atoms with E-state index in [0.29, 0.717) is 5.17 Å². The van der Waals surface area contributed by atoms with Crippen LogP contribution < -0.4 is 4.74 Å². The molecule has 1 atom stereocenters. The van der Waals surface area contributed by atoms with Crippen molar-refractivity contribution in [1.82, 2.24) is 0 Å². The molecule has 0 aromatic heterocycles. The summed E-state index contributed by atoms with van der Waals surface area (Å²) in [6.07, 6.45) is 0.978. The number of para-hydroxylation sites is 1. The van der Waals surface area contributed by atoms with Crippen LogP contribution >= 0.6 is 11.6 Å². The normalized spacial score (nSPS) is 13.7. The van der Waals surface area contributed by atoms with Gasteiger partial charge in [-0.3, -0.25) is 4.99 Å². The van der Waals surface area contributed by atoms with Crippen LogP contribution in [0.2, 0.25) is 0 Å². The maximum Gasteiger partial charge on any atom is 0.134 e. The molecule has 0 N–H and O–H groups in total. The number of ether oxygens (including phenoxy) is 1. The summed E-state index contributed by atoms with van der Waals surface area (Å²) in [6.45, 7) is 4.12. The summed E-state index contributed by atoms with van der Waals surface area (Å²) in [5.74, 6) is 0.759. The highest BCUT2D eigenvalue weighted by atomic mass is 35.5. The molecule has 0 aliphatic rings. The second-order valence-electron chi connectivity index (χ2n) is 3.38. The Balaban J connectivity index is 2.99. The molecule has 2 nitrogen and oxygen atoms in total. The Morgan fingerprint density at radius 3 is 2.73 bits per heavy atom. The summed E-state index contributed by atoms with van der Waals surface area (Å²) in [5, 5.41) is 0.516. The molecular weight excluding hydrogens is 210 g/mol. The van der Waals surface area contributed by atoms with Gasteiger partial charge in [-0.2, -0.15) is 0 Å². The number of rotatable bonds is 4. The van der Waals surface area contributed by atoms with Crippen molar-refractivity contribution < 1.29 is 4.74 Å². The van der Waals surface area contributed by atoms with Crippen molar-refractivity contribution >= 4 is 16.8 Å². The third-order valence-corrected chi connectivity index (χ3v) is 2.55. The van der Waals surface area contributed by atoms with E-state index in [4.69, 9.17) is 16.3 Å². The van der Waals surface area contributed by atoms with Crippen LogP contribution in [0.4, 0.5) is 0 Å². The van der Waals surface area contributed by atoms with Crippen molar-refractivity contribution in [2.24, 2.45) is 4.99 Å². The molecular formula is C12H16ClNO. The van der Waals surface area contributed by atoms with E-state index in [1.807, 2.05) is 31.2 Å². The van der Waals surface area contributed by atoms with Gasteiger partial charge in [-0.05, 0) is 25.5 Å². The predicted octanol–water partition coefficient (Wildman–Crippen LogP) is 3.48. The predicted molar refractivity (Wildman–Crippen MR) is 65.1 cm³/mol. The van der Waals surface area contributed by atoms with Crippen molar-refractivity contribution in [3.05, 3.63) is 29.8 Å². The third-order valence-electron chi connectivity index (χ3n) is 2.25. The second-order valence-corrected chi connectivity index (χ2v) is 3.74. The van der Waals surface area contributed by atoms with Crippen LogP contribution in [0.3, 0.4) is 0 Å². The minimum atomic E-state index is 0.238. The van der Waals surface area contributed by atoms with Gasteiger partial charge in [0, 0.05) is 6.04 Å². The molecule has 0 heterocycles. The lowest BCUT2D eigenvalue weighted by atomic mass is 10.2. The Labute approximate surface area is 95.9 Å². The zero-order valence-corrected chi connectivity index (χ0v) is 10.1. The van der Waals surface area contributed by atoms with E-state index < -0.39 is 0 Å². The second kappa shape index (κ2) is 5.76. The van der Waals surface area contributed by atoms with Gasteiger partial charge in [0.05, 0.1) is 12.7 Å². The maximum absolute atomic E-state index is 6.13. The van der Waals surface area contributed by atoms with Gasteiger partial charge < -0.3 is 4.74 Å².